The van der Waals surface area contributed by atoms with E-state index in [0.29, 0.717) is 5.56 Å². The van der Waals surface area contributed by atoms with E-state index in [1.807, 2.05) is 0 Å². The molecule has 0 aliphatic heterocycles. The highest BCUT2D eigenvalue weighted by molar-refractivity contribution is 6.38. The fourth-order valence-electron chi connectivity index (χ4n) is 2.93. The van der Waals surface area contributed by atoms with Crippen LogP contribution in [0.3, 0.4) is 0 Å². The molecule has 2 aromatic rings. The second-order valence-electron chi connectivity index (χ2n) is 7.20. The van der Waals surface area contributed by atoms with Crippen LogP contribution in [-0.2, 0) is 9.53 Å². The number of ketones is 2. The highest BCUT2D eigenvalue weighted by Crippen LogP contribution is 2.33. The van der Waals surface area contributed by atoms with Gasteiger partial charge in [-0.3, -0.25) is 24.4 Å². The van der Waals surface area contributed by atoms with Gasteiger partial charge in [0.2, 0.25) is 11.6 Å². The van der Waals surface area contributed by atoms with Crippen molar-refractivity contribution in [2.45, 2.75) is 38.8 Å². The van der Waals surface area contributed by atoms with Gasteiger partial charge in [-0.2, -0.15) is 0 Å². The number of carbonyl (C=O) groups is 3. The van der Waals surface area contributed by atoms with Gasteiger partial charge in [-0.15, -0.1) is 0 Å². The highest BCUT2D eigenvalue weighted by atomic mass is 35.5. The van der Waals surface area contributed by atoms with Crippen molar-refractivity contribution < 1.29 is 19.1 Å². The van der Waals surface area contributed by atoms with Gasteiger partial charge in [0.15, 0.2) is 0 Å². The molecule has 0 amide bonds. The number of aromatic nitrogens is 2. The van der Waals surface area contributed by atoms with E-state index in [1.54, 1.807) is 20.8 Å². The summed E-state index contributed by atoms with van der Waals surface area (Å²) in [5.41, 5.74) is 5.85. The fourth-order valence-corrected chi connectivity index (χ4v) is 3.16. The summed E-state index contributed by atoms with van der Waals surface area (Å²) in [5.74, 6) is -1.49. The molecule has 7 nitrogen and oxygen atoms in total. The summed E-state index contributed by atoms with van der Waals surface area (Å²) in [7, 11) is 0. The SMILES string of the molecule is CC(C)(C)OC(=O)CC(N)c1ccnc2c1C(=O)c1nccc(Cl)c1C2=O. The Bertz CT molecular complexity index is 966. The summed E-state index contributed by atoms with van der Waals surface area (Å²) < 4.78 is 5.28. The maximum Gasteiger partial charge on any atom is 0.308 e. The van der Waals surface area contributed by atoms with Crippen LogP contribution in [0.4, 0.5) is 0 Å². The van der Waals surface area contributed by atoms with Crippen LogP contribution in [0.15, 0.2) is 24.5 Å². The molecule has 140 valence electrons. The third-order valence-corrected chi connectivity index (χ3v) is 4.29. The molecule has 0 spiro atoms. The fraction of sp³-hybridized carbons (Fsp3) is 0.316. The number of carbonyl (C=O) groups excluding carboxylic acids is 3. The maximum absolute atomic E-state index is 13.0. The molecule has 1 aliphatic carbocycles. The van der Waals surface area contributed by atoms with Gasteiger partial charge in [-0.05, 0) is 38.5 Å². The Kier molecular flexibility index (Phi) is 4.84. The van der Waals surface area contributed by atoms with Crippen molar-refractivity contribution in [3.8, 4) is 0 Å². The summed E-state index contributed by atoms with van der Waals surface area (Å²) in [4.78, 5) is 45.9. The first-order valence-corrected chi connectivity index (χ1v) is 8.68. The Morgan fingerprint density at radius 3 is 2.30 bits per heavy atom. The first kappa shape index (κ1) is 19.1. The Labute approximate surface area is 160 Å². The summed E-state index contributed by atoms with van der Waals surface area (Å²) >= 11 is 6.07. The molecule has 0 saturated heterocycles. The van der Waals surface area contributed by atoms with E-state index in [-0.39, 0.29) is 34.0 Å². The normalized spacial score (nSPS) is 14.4. The van der Waals surface area contributed by atoms with Gasteiger partial charge < -0.3 is 10.5 Å². The van der Waals surface area contributed by atoms with Crippen LogP contribution < -0.4 is 5.73 Å². The lowest BCUT2D eigenvalue weighted by Gasteiger charge is -2.23. The number of halogens is 1. The zero-order valence-corrected chi connectivity index (χ0v) is 15.8. The van der Waals surface area contributed by atoms with E-state index in [4.69, 9.17) is 22.1 Å². The van der Waals surface area contributed by atoms with Crippen molar-refractivity contribution in [3.05, 3.63) is 57.6 Å². The van der Waals surface area contributed by atoms with Crippen LogP contribution in [0, 0.1) is 0 Å². The smallest absolute Gasteiger partial charge is 0.308 e. The van der Waals surface area contributed by atoms with Crippen molar-refractivity contribution in [2.24, 2.45) is 5.73 Å². The number of hydrogen-bond donors (Lipinski definition) is 1. The standard InChI is InChI=1S/C19H18ClN3O4/c1-19(2,3)27-12(24)8-11(21)9-4-6-22-15-13(9)17(25)16-14(18(15)26)10(20)5-7-23-16/h4-7,11H,8,21H2,1-3H3. The monoisotopic (exact) mass is 387 g/mol. The number of nitrogens with two attached hydrogens (primary N) is 1. The van der Waals surface area contributed by atoms with Crippen molar-refractivity contribution >= 4 is 29.1 Å². The predicted molar refractivity (Wildman–Crippen MR) is 97.7 cm³/mol. The average molecular weight is 388 g/mol. The van der Waals surface area contributed by atoms with Crippen LogP contribution in [0.25, 0.3) is 0 Å². The van der Waals surface area contributed by atoms with E-state index in [0.717, 1.165) is 0 Å². The molecule has 0 saturated carbocycles. The summed E-state index contributed by atoms with van der Waals surface area (Å²) in [6, 6.07) is 2.12. The third kappa shape index (κ3) is 3.61. The van der Waals surface area contributed by atoms with Crippen molar-refractivity contribution in [1.29, 1.82) is 0 Å². The Hall–Kier alpha value is -2.64. The molecule has 0 radical (unpaired) electrons. The number of rotatable bonds is 3. The van der Waals surface area contributed by atoms with E-state index in [2.05, 4.69) is 9.97 Å². The zero-order chi connectivity index (χ0) is 19.9. The zero-order valence-electron chi connectivity index (χ0n) is 15.1. The van der Waals surface area contributed by atoms with Gasteiger partial charge in [0, 0.05) is 18.4 Å². The molecule has 2 heterocycles. The molecule has 1 atom stereocenters. The summed E-state index contributed by atoms with van der Waals surface area (Å²) in [5, 5.41) is 0.134. The predicted octanol–water partition coefficient (Wildman–Crippen LogP) is 2.64. The number of esters is 1. The van der Waals surface area contributed by atoms with E-state index >= 15 is 0 Å². The van der Waals surface area contributed by atoms with Gasteiger partial charge >= 0.3 is 5.97 Å². The molecule has 27 heavy (non-hydrogen) atoms. The minimum Gasteiger partial charge on any atom is -0.460 e. The molecule has 8 heteroatoms. The number of fused-ring (bicyclic) bond motifs is 2. The maximum atomic E-state index is 13.0. The molecule has 2 aromatic heterocycles. The van der Waals surface area contributed by atoms with E-state index in [9.17, 15) is 14.4 Å². The topological polar surface area (TPSA) is 112 Å². The lowest BCUT2D eigenvalue weighted by Crippen LogP contribution is -2.30. The molecular formula is C19H18ClN3O4. The first-order chi connectivity index (χ1) is 12.6. The molecule has 0 bridgehead atoms. The third-order valence-electron chi connectivity index (χ3n) is 3.97. The van der Waals surface area contributed by atoms with Gasteiger partial charge in [-0.25, -0.2) is 0 Å². The van der Waals surface area contributed by atoms with Crippen molar-refractivity contribution in [3.63, 3.8) is 0 Å². The molecular weight excluding hydrogens is 370 g/mol. The molecule has 3 rings (SSSR count). The molecule has 2 N–H and O–H groups in total. The molecule has 0 fully saturated rings. The summed E-state index contributed by atoms with van der Waals surface area (Å²) in [6.45, 7) is 5.25. The number of ether oxygens (including phenoxy) is 1. The van der Waals surface area contributed by atoms with Crippen LogP contribution in [-0.4, -0.2) is 33.1 Å². The quantitative estimate of drug-likeness (QED) is 0.687. The minimum atomic E-state index is -0.839. The number of pyridine rings is 2. The summed E-state index contributed by atoms with van der Waals surface area (Å²) in [6.07, 6.45) is 2.59. The van der Waals surface area contributed by atoms with Crippen LogP contribution in [0.2, 0.25) is 5.02 Å². The molecule has 1 aliphatic rings. The van der Waals surface area contributed by atoms with Crippen LogP contribution in [0.5, 0.6) is 0 Å². The van der Waals surface area contributed by atoms with Gasteiger partial charge in [-0.1, -0.05) is 11.6 Å². The number of hydrogen-bond acceptors (Lipinski definition) is 7. The van der Waals surface area contributed by atoms with E-state index < -0.39 is 29.2 Å². The van der Waals surface area contributed by atoms with Crippen LogP contribution >= 0.6 is 11.6 Å². The lowest BCUT2D eigenvalue weighted by atomic mass is 9.85. The molecule has 1 unspecified atom stereocenters. The van der Waals surface area contributed by atoms with Crippen LogP contribution in [0.1, 0.15) is 70.9 Å². The van der Waals surface area contributed by atoms with Gasteiger partial charge in [0.25, 0.3) is 0 Å². The van der Waals surface area contributed by atoms with E-state index in [1.165, 1.54) is 24.5 Å². The van der Waals surface area contributed by atoms with Gasteiger partial charge in [0.05, 0.1) is 22.6 Å². The highest BCUT2D eigenvalue weighted by Gasteiger charge is 2.36. The second-order valence-corrected chi connectivity index (χ2v) is 7.60. The Morgan fingerprint density at radius 1 is 1.11 bits per heavy atom. The van der Waals surface area contributed by atoms with Crippen molar-refractivity contribution in [1.82, 2.24) is 9.97 Å². The Balaban J connectivity index is 2.01. The average Bonchev–Trinajstić information content (AvgIpc) is 2.57. The molecule has 0 aromatic carbocycles. The minimum absolute atomic E-state index is 0.0297. The lowest BCUT2D eigenvalue weighted by molar-refractivity contribution is -0.155. The largest absolute Gasteiger partial charge is 0.460 e. The Morgan fingerprint density at radius 2 is 1.67 bits per heavy atom. The first-order valence-electron chi connectivity index (χ1n) is 8.30. The second kappa shape index (κ2) is 6.83. The number of nitrogens with zero attached hydrogens (tertiary/aromatic N) is 2. The van der Waals surface area contributed by atoms with Gasteiger partial charge in [0.1, 0.15) is 17.0 Å². The van der Waals surface area contributed by atoms with Crippen molar-refractivity contribution in [2.75, 3.05) is 0 Å².